The minimum Gasteiger partial charge on any atom is -0.352 e. The fourth-order valence-corrected chi connectivity index (χ4v) is 3.15. The molecule has 0 spiro atoms. The zero-order valence-corrected chi connectivity index (χ0v) is 13.1. The third-order valence-electron chi connectivity index (χ3n) is 3.79. The lowest BCUT2D eigenvalue weighted by Crippen LogP contribution is -2.40. The minimum atomic E-state index is 0.0349. The third-order valence-corrected chi connectivity index (χ3v) is 4.01. The molecule has 0 radical (unpaired) electrons. The minimum absolute atomic E-state index is 0.0349. The molecule has 20 heavy (non-hydrogen) atoms. The Bertz CT molecular complexity index is 484. The SMILES string of the molecule is CC(C)Cn1ccnc(N2CCCC(CCCl)C2)c1=O. The van der Waals surface area contributed by atoms with Crippen LogP contribution in [0.25, 0.3) is 0 Å². The lowest BCUT2D eigenvalue weighted by Gasteiger charge is -2.33. The van der Waals surface area contributed by atoms with Gasteiger partial charge in [-0.1, -0.05) is 13.8 Å². The third kappa shape index (κ3) is 3.75. The molecule has 2 heterocycles. The molecule has 1 saturated heterocycles. The van der Waals surface area contributed by atoms with Crippen LogP contribution in [0.1, 0.15) is 33.1 Å². The number of aromatic nitrogens is 2. The molecule has 0 aliphatic carbocycles. The van der Waals surface area contributed by atoms with E-state index in [-0.39, 0.29) is 5.56 Å². The maximum atomic E-state index is 12.5. The summed E-state index contributed by atoms with van der Waals surface area (Å²) in [5.74, 6) is 2.33. The van der Waals surface area contributed by atoms with Gasteiger partial charge >= 0.3 is 0 Å². The van der Waals surface area contributed by atoms with Gasteiger partial charge in [0.1, 0.15) is 0 Å². The van der Waals surface area contributed by atoms with Crippen molar-refractivity contribution in [3.8, 4) is 0 Å². The van der Waals surface area contributed by atoms with Crippen molar-refractivity contribution in [2.75, 3.05) is 23.9 Å². The Morgan fingerprint density at radius 1 is 1.50 bits per heavy atom. The number of halogens is 1. The molecular weight excluding hydrogens is 274 g/mol. The number of hydrogen-bond acceptors (Lipinski definition) is 3. The summed E-state index contributed by atoms with van der Waals surface area (Å²) in [7, 11) is 0. The zero-order valence-electron chi connectivity index (χ0n) is 12.4. The summed E-state index contributed by atoms with van der Waals surface area (Å²) in [6.07, 6.45) is 6.86. The highest BCUT2D eigenvalue weighted by Crippen LogP contribution is 2.22. The molecule has 1 unspecified atom stereocenters. The Kier molecular flexibility index (Phi) is 5.46. The summed E-state index contributed by atoms with van der Waals surface area (Å²) in [6, 6.07) is 0. The average molecular weight is 298 g/mol. The molecule has 4 nitrogen and oxygen atoms in total. The fourth-order valence-electron chi connectivity index (χ4n) is 2.84. The first-order valence-electron chi connectivity index (χ1n) is 7.48. The van der Waals surface area contributed by atoms with Gasteiger partial charge in [0.05, 0.1) is 0 Å². The highest BCUT2D eigenvalue weighted by molar-refractivity contribution is 6.17. The molecule has 1 atom stereocenters. The van der Waals surface area contributed by atoms with Crippen LogP contribution < -0.4 is 10.5 Å². The summed E-state index contributed by atoms with van der Waals surface area (Å²) in [4.78, 5) is 19.0. The number of anilines is 1. The Hall–Kier alpha value is -1.03. The molecule has 1 fully saturated rings. The lowest BCUT2D eigenvalue weighted by atomic mass is 9.96. The van der Waals surface area contributed by atoms with Crippen molar-refractivity contribution in [2.45, 2.75) is 39.7 Å². The molecule has 5 heteroatoms. The molecule has 2 rings (SSSR count). The van der Waals surface area contributed by atoms with Gasteiger partial charge in [-0.15, -0.1) is 11.6 Å². The van der Waals surface area contributed by atoms with E-state index in [9.17, 15) is 4.79 Å². The van der Waals surface area contributed by atoms with Gasteiger partial charge in [0.25, 0.3) is 5.56 Å². The van der Waals surface area contributed by atoms with Crippen LogP contribution in [0.15, 0.2) is 17.2 Å². The highest BCUT2D eigenvalue weighted by Gasteiger charge is 2.22. The van der Waals surface area contributed by atoms with Gasteiger partial charge in [-0.2, -0.15) is 0 Å². The van der Waals surface area contributed by atoms with Crippen molar-refractivity contribution in [1.29, 1.82) is 0 Å². The molecule has 1 aromatic rings. The van der Waals surface area contributed by atoms with E-state index in [1.54, 1.807) is 17.0 Å². The van der Waals surface area contributed by atoms with E-state index in [0.717, 1.165) is 32.5 Å². The van der Waals surface area contributed by atoms with Crippen LogP contribution in [0.2, 0.25) is 0 Å². The molecule has 1 aromatic heterocycles. The lowest BCUT2D eigenvalue weighted by molar-refractivity contribution is 0.402. The van der Waals surface area contributed by atoms with Crippen LogP contribution in [0.3, 0.4) is 0 Å². The molecule has 0 saturated carbocycles. The summed E-state index contributed by atoms with van der Waals surface area (Å²) in [6.45, 7) is 6.80. The predicted octanol–water partition coefficient (Wildman–Crippen LogP) is 2.74. The topological polar surface area (TPSA) is 38.1 Å². The van der Waals surface area contributed by atoms with E-state index in [1.165, 1.54) is 6.42 Å². The van der Waals surface area contributed by atoms with E-state index in [0.29, 0.717) is 23.5 Å². The van der Waals surface area contributed by atoms with Crippen LogP contribution in [-0.4, -0.2) is 28.5 Å². The summed E-state index contributed by atoms with van der Waals surface area (Å²) < 4.78 is 1.78. The first-order chi connectivity index (χ1) is 9.61. The van der Waals surface area contributed by atoms with E-state index in [1.807, 2.05) is 0 Å². The van der Waals surface area contributed by atoms with Gasteiger partial charge < -0.3 is 9.47 Å². The molecule has 0 aromatic carbocycles. The fraction of sp³-hybridized carbons (Fsp3) is 0.733. The zero-order chi connectivity index (χ0) is 14.5. The van der Waals surface area contributed by atoms with E-state index >= 15 is 0 Å². The van der Waals surface area contributed by atoms with Crippen LogP contribution in [0.4, 0.5) is 5.82 Å². The first kappa shape index (κ1) is 15.4. The van der Waals surface area contributed by atoms with Crippen molar-refractivity contribution < 1.29 is 0 Å². The van der Waals surface area contributed by atoms with Crippen molar-refractivity contribution in [1.82, 2.24) is 9.55 Å². The Morgan fingerprint density at radius 3 is 3.00 bits per heavy atom. The maximum Gasteiger partial charge on any atom is 0.293 e. The second-order valence-electron chi connectivity index (χ2n) is 6.03. The van der Waals surface area contributed by atoms with Gasteiger partial charge in [0, 0.05) is 37.9 Å². The first-order valence-corrected chi connectivity index (χ1v) is 8.01. The molecule has 1 aliphatic heterocycles. The number of alkyl halides is 1. The number of nitrogens with zero attached hydrogens (tertiary/aromatic N) is 3. The average Bonchev–Trinajstić information content (AvgIpc) is 2.41. The molecule has 0 bridgehead atoms. The van der Waals surface area contributed by atoms with Gasteiger partial charge in [0.2, 0.25) is 0 Å². The molecule has 1 aliphatic rings. The van der Waals surface area contributed by atoms with Crippen LogP contribution in [-0.2, 0) is 6.54 Å². The quantitative estimate of drug-likeness (QED) is 0.784. The van der Waals surface area contributed by atoms with Crippen molar-refractivity contribution in [3.05, 3.63) is 22.7 Å². The van der Waals surface area contributed by atoms with Crippen molar-refractivity contribution in [3.63, 3.8) is 0 Å². The molecule has 112 valence electrons. The number of hydrogen-bond donors (Lipinski definition) is 0. The standard InChI is InChI=1S/C15H24ClN3O/c1-12(2)10-19-9-7-17-14(15(19)20)18-8-3-4-13(11-18)5-6-16/h7,9,12-13H,3-6,8,10-11H2,1-2H3. The van der Waals surface area contributed by atoms with Crippen molar-refractivity contribution in [2.24, 2.45) is 11.8 Å². The van der Waals surface area contributed by atoms with Gasteiger partial charge in [-0.25, -0.2) is 4.98 Å². The van der Waals surface area contributed by atoms with Gasteiger partial charge in [-0.3, -0.25) is 4.79 Å². The smallest absolute Gasteiger partial charge is 0.293 e. The maximum absolute atomic E-state index is 12.5. The Balaban J connectivity index is 2.17. The van der Waals surface area contributed by atoms with E-state index in [2.05, 4.69) is 23.7 Å². The van der Waals surface area contributed by atoms with Gasteiger partial charge in [-0.05, 0) is 31.1 Å². The monoisotopic (exact) mass is 297 g/mol. The summed E-state index contributed by atoms with van der Waals surface area (Å²) in [5.41, 5.74) is 0.0349. The second-order valence-corrected chi connectivity index (χ2v) is 6.41. The number of rotatable bonds is 5. The van der Waals surface area contributed by atoms with E-state index < -0.39 is 0 Å². The van der Waals surface area contributed by atoms with Gasteiger partial charge in [0.15, 0.2) is 5.82 Å². The molecule has 0 N–H and O–H groups in total. The highest BCUT2D eigenvalue weighted by atomic mass is 35.5. The molecular formula is C15H24ClN3O. The normalized spacial score (nSPS) is 19.6. The predicted molar refractivity (Wildman–Crippen MR) is 83.6 cm³/mol. The Morgan fingerprint density at radius 2 is 2.30 bits per heavy atom. The van der Waals surface area contributed by atoms with Crippen LogP contribution in [0, 0.1) is 11.8 Å². The number of piperidine rings is 1. The summed E-state index contributed by atoms with van der Waals surface area (Å²) >= 11 is 5.84. The van der Waals surface area contributed by atoms with E-state index in [4.69, 9.17) is 11.6 Å². The largest absolute Gasteiger partial charge is 0.352 e. The molecule has 0 amide bonds. The van der Waals surface area contributed by atoms with Crippen LogP contribution in [0.5, 0.6) is 0 Å². The second kappa shape index (κ2) is 7.11. The summed E-state index contributed by atoms with van der Waals surface area (Å²) in [5, 5.41) is 0. The van der Waals surface area contributed by atoms with Crippen molar-refractivity contribution >= 4 is 17.4 Å². The Labute approximate surface area is 125 Å². The van der Waals surface area contributed by atoms with Crippen LogP contribution >= 0.6 is 11.6 Å².